The molecule has 3 N–H and O–H groups in total. The van der Waals surface area contributed by atoms with Crippen LogP contribution in [0.3, 0.4) is 0 Å². The van der Waals surface area contributed by atoms with E-state index in [1.165, 1.54) is 5.69 Å². The summed E-state index contributed by atoms with van der Waals surface area (Å²) in [6, 6.07) is 7.21. The third-order valence-electron chi connectivity index (χ3n) is 3.58. The number of nitrogens with zero attached hydrogens (tertiary/aromatic N) is 2. The lowest BCUT2D eigenvalue weighted by molar-refractivity contribution is -0.138. The topological polar surface area (TPSA) is 69.8 Å². The number of piperazine rings is 1. The first-order valence-corrected chi connectivity index (χ1v) is 6.57. The van der Waals surface area contributed by atoms with Crippen LogP contribution in [0.25, 0.3) is 0 Å². The van der Waals surface area contributed by atoms with E-state index < -0.39 is 12.0 Å². The molecule has 1 aromatic rings. The SMILES string of the molecule is CN1CCN(c2ccc(CC(N)C(=O)O)cc2)CC1. The van der Waals surface area contributed by atoms with E-state index in [0.29, 0.717) is 6.42 Å². The molecule has 0 saturated carbocycles. The number of benzene rings is 1. The Morgan fingerprint density at radius 2 is 1.84 bits per heavy atom. The van der Waals surface area contributed by atoms with Gasteiger partial charge in [0.15, 0.2) is 0 Å². The van der Waals surface area contributed by atoms with E-state index in [9.17, 15) is 4.79 Å². The van der Waals surface area contributed by atoms with Crippen molar-refractivity contribution in [2.24, 2.45) is 5.73 Å². The van der Waals surface area contributed by atoms with Crippen molar-refractivity contribution < 1.29 is 9.90 Å². The molecule has 0 aliphatic carbocycles. The highest BCUT2D eigenvalue weighted by Crippen LogP contribution is 2.17. The molecule has 2 rings (SSSR count). The number of nitrogens with two attached hydrogens (primary N) is 1. The number of rotatable bonds is 4. The lowest BCUT2D eigenvalue weighted by atomic mass is 10.1. The van der Waals surface area contributed by atoms with Gasteiger partial charge < -0.3 is 20.6 Å². The zero-order chi connectivity index (χ0) is 13.8. The molecule has 1 heterocycles. The van der Waals surface area contributed by atoms with E-state index >= 15 is 0 Å². The Hall–Kier alpha value is -1.59. The summed E-state index contributed by atoms with van der Waals surface area (Å²) < 4.78 is 0. The number of aliphatic carboxylic acids is 1. The van der Waals surface area contributed by atoms with Crippen molar-refractivity contribution in [1.82, 2.24) is 4.90 Å². The summed E-state index contributed by atoms with van der Waals surface area (Å²) in [5.41, 5.74) is 7.69. The first kappa shape index (κ1) is 13.8. The lowest BCUT2D eigenvalue weighted by Crippen LogP contribution is -2.44. The molecule has 1 aromatic carbocycles. The van der Waals surface area contributed by atoms with Crippen LogP contribution >= 0.6 is 0 Å². The minimum Gasteiger partial charge on any atom is -0.480 e. The zero-order valence-electron chi connectivity index (χ0n) is 11.2. The Morgan fingerprint density at radius 1 is 1.26 bits per heavy atom. The van der Waals surface area contributed by atoms with Gasteiger partial charge >= 0.3 is 5.97 Å². The van der Waals surface area contributed by atoms with Gasteiger partial charge in [-0.05, 0) is 31.2 Å². The summed E-state index contributed by atoms with van der Waals surface area (Å²) in [5, 5.41) is 8.79. The van der Waals surface area contributed by atoms with Crippen molar-refractivity contribution in [3.63, 3.8) is 0 Å². The molecule has 0 aromatic heterocycles. The van der Waals surface area contributed by atoms with Crippen LogP contribution in [-0.4, -0.2) is 55.2 Å². The second-order valence-electron chi connectivity index (χ2n) is 5.11. The molecule has 0 amide bonds. The zero-order valence-corrected chi connectivity index (χ0v) is 11.2. The maximum absolute atomic E-state index is 10.7. The fraction of sp³-hybridized carbons (Fsp3) is 0.500. The van der Waals surface area contributed by atoms with Gasteiger partial charge in [-0.25, -0.2) is 0 Å². The number of carboxylic acids is 1. The van der Waals surface area contributed by atoms with E-state index in [4.69, 9.17) is 10.8 Å². The monoisotopic (exact) mass is 263 g/mol. The van der Waals surface area contributed by atoms with Gasteiger partial charge in [0.2, 0.25) is 0 Å². The average molecular weight is 263 g/mol. The first-order valence-electron chi connectivity index (χ1n) is 6.57. The van der Waals surface area contributed by atoms with Crippen molar-refractivity contribution in [2.45, 2.75) is 12.5 Å². The third kappa shape index (κ3) is 3.68. The van der Waals surface area contributed by atoms with Crippen molar-refractivity contribution >= 4 is 11.7 Å². The molecule has 19 heavy (non-hydrogen) atoms. The highest BCUT2D eigenvalue weighted by molar-refractivity contribution is 5.73. The van der Waals surface area contributed by atoms with Gasteiger partial charge in [-0.1, -0.05) is 12.1 Å². The molecule has 1 fully saturated rings. The largest absolute Gasteiger partial charge is 0.480 e. The summed E-state index contributed by atoms with van der Waals surface area (Å²) in [6.45, 7) is 4.21. The molecule has 1 aliphatic rings. The van der Waals surface area contributed by atoms with Gasteiger partial charge in [-0.15, -0.1) is 0 Å². The average Bonchev–Trinajstić information content (AvgIpc) is 2.40. The number of hydrogen-bond acceptors (Lipinski definition) is 4. The lowest BCUT2D eigenvalue weighted by Gasteiger charge is -2.34. The Labute approximate surface area is 113 Å². The molecule has 1 saturated heterocycles. The second-order valence-corrected chi connectivity index (χ2v) is 5.11. The standard InChI is InChI=1S/C14H21N3O2/c1-16-6-8-17(9-7-16)12-4-2-11(3-5-12)10-13(15)14(18)19/h2-5,13H,6-10,15H2,1H3,(H,18,19). The van der Waals surface area contributed by atoms with Crippen molar-refractivity contribution in [3.05, 3.63) is 29.8 Å². The predicted molar refractivity (Wildman–Crippen MR) is 75.5 cm³/mol. The van der Waals surface area contributed by atoms with Gasteiger partial charge in [0.05, 0.1) is 0 Å². The van der Waals surface area contributed by atoms with Crippen LogP contribution in [0.2, 0.25) is 0 Å². The maximum atomic E-state index is 10.7. The van der Waals surface area contributed by atoms with Crippen LogP contribution in [0, 0.1) is 0 Å². The molecular weight excluding hydrogens is 242 g/mol. The number of anilines is 1. The van der Waals surface area contributed by atoms with Crippen molar-refractivity contribution in [2.75, 3.05) is 38.1 Å². The number of likely N-dealkylation sites (N-methyl/N-ethyl adjacent to an activating group) is 1. The summed E-state index contributed by atoms with van der Waals surface area (Å²) in [6.07, 6.45) is 0.373. The molecule has 1 atom stereocenters. The van der Waals surface area contributed by atoms with E-state index in [0.717, 1.165) is 31.7 Å². The van der Waals surface area contributed by atoms with Gasteiger partial charge in [-0.3, -0.25) is 4.79 Å². The summed E-state index contributed by atoms with van der Waals surface area (Å²) in [5.74, 6) is -0.955. The molecule has 5 heteroatoms. The molecule has 1 aliphatic heterocycles. The van der Waals surface area contributed by atoms with Gasteiger partial charge in [0.1, 0.15) is 6.04 Å². The number of carbonyl (C=O) groups is 1. The number of carboxylic acid groups (broad SMARTS) is 1. The summed E-state index contributed by atoms with van der Waals surface area (Å²) in [4.78, 5) is 15.4. The first-order chi connectivity index (χ1) is 9.06. The van der Waals surface area contributed by atoms with Crippen LogP contribution in [-0.2, 0) is 11.2 Å². The normalized spacial score (nSPS) is 18.3. The fourth-order valence-corrected chi connectivity index (χ4v) is 2.25. The summed E-state index contributed by atoms with van der Waals surface area (Å²) >= 11 is 0. The minimum absolute atomic E-state index is 0.373. The quantitative estimate of drug-likeness (QED) is 0.822. The smallest absolute Gasteiger partial charge is 0.320 e. The Kier molecular flexibility index (Phi) is 4.39. The molecule has 0 radical (unpaired) electrons. The van der Waals surface area contributed by atoms with Crippen LogP contribution in [0.4, 0.5) is 5.69 Å². The van der Waals surface area contributed by atoms with Crippen LogP contribution in [0.1, 0.15) is 5.56 Å². The third-order valence-corrected chi connectivity index (χ3v) is 3.58. The predicted octanol–water partition coefficient (Wildman–Crippen LogP) is 0.393. The molecule has 1 unspecified atom stereocenters. The van der Waals surface area contributed by atoms with Crippen molar-refractivity contribution in [1.29, 1.82) is 0 Å². The summed E-state index contributed by atoms with van der Waals surface area (Å²) in [7, 11) is 2.13. The number of hydrogen-bond donors (Lipinski definition) is 2. The Bertz CT molecular complexity index is 425. The second kappa shape index (κ2) is 6.04. The van der Waals surface area contributed by atoms with Crippen LogP contribution in [0.15, 0.2) is 24.3 Å². The Balaban J connectivity index is 1.96. The van der Waals surface area contributed by atoms with Gasteiger partial charge in [0.25, 0.3) is 0 Å². The maximum Gasteiger partial charge on any atom is 0.320 e. The highest BCUT2D eigenvalue weighted by atomic mass is 16.4. The Morgan fingerprint density at radius 3 is 2.37 bits per heavy atom. The van der Waals surface area contributed by atoms with Crippen molar-refractivity contribution in [3.8, 4) is 0 Å². The van der Waals surface area contributed by atoms with E-state index in [1.54, 1.807) is 0 Å². The van der Waals surface area contributed by atoms with Gasteiger partial charge in [0, 0.05) is 31.9 Å². The van der Waals surface area contributed by atoms with Crippen LogP contribution < -0.4 is 10.6 Å². The van der Waals surface area contributed by atoms with Crippen LogP contribution in [0.5, 0.6) is 0 Å². The fourth-order valence-electron chi connectivity index (χ4n) is 2.25. The molecule has 5 nitrogen and oxygen atoms in total. The van der Waals surface area contributed by atoms with E-state index in [2.05, 4.69) is 29.0 Å². The highest BCUT2D eigenvalue weighted by Gasteiger charge is 2.15. The van der Waals surface area contributed by atoms with E-state index in [1.807, 2.05) is 12.1 Å². The minimum atomic E-state index is -0.955. The molecular formula is C14H21N3O2. The van der Waals surface area contributed by atoms with E-state index in [-0.39, 0.29) is 0 Å². The van der Waals surface area contributed by atoms with Gasteiger partial charge in [-0.2, -0.15) is 0 Å². The molecule has 0 bridgehead atoms. The molecule has 0 spiro atoms. The molecule has 104 valence electrons.